The van der Waals surface area contributed by atoms with Crippen LogP contribution in [0.5, 0.6) is 0 Å². The predicted molar refractivity (Wildman–Crippen MR) is 218 cm³/mol. The first-order valence-corrected chi connectivity index (χ1v) is 24.9. The van der Waals surface area contributed by atoms with Gasteiger partial charge >= 0.3 is 0 Å². The predicted octanol–water partition coefficient (Wildman–Crippen LogP) is 12.4. The second-order valence-corrected chi connectivity index (χ2v) is 26.4. The van der Waals surface area contributed by atoms with Gasteiger partial charge in [0.2, 0.25) is 0 Å². The first-order valence-electron chi connectivity index (χ1n) is 18.0. The molecule has 1 nitrogen and oxygen atoms in total. The summed E-state index contributed by atoms with van der Waals surface area (Å²) in [4.78, 5) is 0. The summed E-state index contributed by atoms with van der Waals surface area (Å²) in [5, 5.41) is 0. The minimum Gasteiger partial charge on any atom is -0.998 e. The third-order valence-electron chi connectivity index (χ3n) is 9.95. The second-order valence-electron chi connectivity index (χ2n) is 16.9. The smallest absolute Gasteiger partial charge is 0 e. The van der Waals surface area contributed by atoms with E-state index in [-0.39, 0.29) is 43.5 Å². The van der Waals surface area contributed by atoms with Crippen molar-refractivity contribution in [2.45, 2.75) is 89.6 Å². The van der Waals surface area contributed by atoms with Crippen LogP contribution < -0.4 is 0 Å². The zero-order chi connectivity index (χ0) is 36.6. The van der Waals surface area contributed by atoms with Crippen LogP contribution in [-0.4, -0.2) is 16.5 Å². The van der Waals surface area contributed by atoms with Crippen molar-refractivity contribution in [3.05, 3.63) is 184 Å². The minimum absolute atomic E-state index is 0. The van der Waals surface area contributed by atoms with Gasteiger partial charge in [0.15, 0.2) is 0 Å². The van der Waals surface area contributed by atoms with E-state index in [1.807, 2.05) is 0 Å². The average Bonchev–Trinajstić information content (AvgIpc) is 3.89. The van der Waals surface area contributed by atoms with Crippen molar-refractivity contribution in [2.24, 2.45) is 0 Å². The Kier molecular flexibility index (Phi) is 12.2. The van der Waals surface area contributed by atoms with Gasteiger partial charge in [-0.1, -0.05) is 181 Å². The molecule has 267 valence electrons. The van der Waals surface area contributed by atoms with Crippen molar-refractivity contribution in [1.29, 1.82) is 0 Å². The molecular weight excluding hydrogens is 736 g/mol. The standard InChI is InChI=1S/2C21H15.C6H18NSi2.Y/c2*1-21(2,15-9-3-4-10-15)20-18-13-7-5-11-16(18)17-12-6-8-14-19(17)20;1-8(2,3)7-9(4,5)6;/h2*5-8,11-14,20H,1-2H3;1-6H3;/q2*-5;-1;. The van der Waals surface area contributed by atoms with Gasteiger partial charge in [0.25, 0.3) is 0 Å². The summed E-state index contributed by atoms with van der Waals surface area (Å²) in [6, 6.07) is 59.2. The molecule has 2 aliphatic rings. The van der Waals surface area contributed by atoms with Gasteiger partial charge in [0.1, 0.15) is 0 Å². The maximum atomic E-state index is 4.82. The van der Waals surface area contributed by atoms with Gasteiger partial charge in [0, 0.05) is 32.7 Å². The van der Waals surface area contributed by atoms with Gasteiger partial charge in [-0.05, 0) is 56.3 Å². The van der Waals surface area contributed by atoms with Crippen LogP contribution in [0.2, 0.25) is 39.3 Å². The minimum atomic E-state index is -1.11. The van der Waals surface area contributed by atoms with Crippen LogP contribution in [0.3, 0.4) is 0 Å². The summed E-state index contributed by atoms with van der Waals surface area (Å²) >= 11 is 0. The van der Waals surface area contributed by atoms with Crippen molar-refractivity contribution in [3.63, 3.8) is 0 Å². The zero-order valence-electron chi connectivity index (χ0n) is 32.4. The summed E-state index contributed by atoms with van der Waals surface area (Å²) in [5.41, 5.74) is 12.9. The molecule has 6 aromatic rings. The largest absolute Gasteiger partial charge is 0.998 e. The Bertz CT molecular complexity index is 1820. The molecule has 8 rings (SSSR count). The molecule has 0 spiro atoms. The monoisotopic (exact) mass is 783 g/mol. The van der Waals surface area contributed by atoms with Gasteiger partial charge in [-0.25, -0.2) is 0 Å². The van der Waals surface area contributed by atoms with Crippen molar-refractivity contribution in [1.82, 2.24) is 0 Å². The van der Waals surface area contributed by atoms with Crippen LogP contribution in [0.1, 0.15) is 72.9 Å². The molecule has 4 heteroatoms. The molecule has 52 heavy (non-hydrogen) atoms. The summed E-state index contributed by atoms with van der Waals surface area (Å²) in [6.07, 6.45) is 0. The number of nitrogens with zero attached hydrogens (tertiary/aromatic N) is 1. The summed E-state index contributed by atoms with van der Waals surface area (Å²) < 4.78 is 4.82. The van der Waals surface area contributed by atoms with E-state index in [1.165, 1.54) is 44.5 Å². The van der Waals surface area contributed by atoms with E-state index in [4.69, 9.17) is 4.65 Å². The Balaban J connectivity index is 0.000000162. The van der Waals surface area contributed by atoms with E-state index in [0.717, 1.165) is 11.1 Å². The summed E-state index contributed by atoms with van der Waals surface area (Å²) in [6.45, 7) is 22.8. The molecule has 0 bridgehead atoms. The fourth-order valence-electron chi connectivity index (χ4n) is 8.24. The van der Waals surface area contributed by atoms with E-state index >= 15 is 0 Å². The molecule has 0 saturated heterocycles. The first kappa shape index (κ1) is 40.3. The van der Waals surface area contributed by atoms with Crippen molar-refractivity contribution in [2.75, 3.05) is 0 Å². The third kappa shape index (κ3) is 8.40. The molecular formula is C48H48NSi2Y-11. The van der Waals surface area contributed by atoms with Gasteiger partial charge in [0.05, 0.1) is 0 Å². The molecule has 0 heterocycles. The van der Waals surface area contributed by atoms with Crippen LogP contribution >= 0.6 is 0 Å². The van der Waals surface area contributed by atoms with Crippen LogP contribution in [-0.2, 0) is 43.5 Å². The normalized spacial score (nSPS) is 13.7. The van der Waals surface area contributed by atoms with E-state index in [0.29, 0.717) is 11.8 Å². The molecule has 0 unspecified atom stereocenters. The van der Waals surface area contributed by atoms with E-state index in [2.05, 4.69) is 213 Å². The summed E-state index contributed by atoms with van der Waals surface area (Å²) in [7, 11) is -2.21. The Morgan fingerprint density at radius 1 is 0.442 bits per heavy atom. The maximum absolute atomic E-state index is 4.82. The van der Waals surface area contributed by atoms with Crippen molar-refractivity contribution >= 4 is 16.5 Å². The molecule has 6 aromatic carbocycles. The number of benzene rings is 4. The van der Waals surface area contributed by atoms with Gasteiger partial charge < -0.3 is 64.3 Å². The quantitative estimate of drug-likeness (QED) is 0.118. The number of hydrogen-bond donors (Lipinski definition) is 0. The van der Waals surface area contributed by atoms with Crippen LogP contribution in [0.15, 0.2) is 97.1 Å². The van der Waals surface area contributed by atoms with E-state index in [1.54, 1.807) is 0 Å². The second kappa shape index (κ2) is 15.8. The summed E-state index contributed by atoms with van der Waals surface area (Å²) in [5.74, 6) is 0.642. The molecule has 0 aliphatic heterocycles. The maximum Gasteiger partial charge on any atom is 0 e. The van der Waals surface area contributed by atoms with E-state index in [9.17, 15) is 0 Å². The molecule has 1 radical (unpaired) electrons. The third-order valence-corrected chi connectivity index (χ3v) is 15.3. The van der Waals surface area contributed by atoms with Crippen LogP contribution in [0, 0.1) is 48.5 Å². The fourth-order valence-corrected chi connectivity index (χ4v) is 16.3. The number of rotatable bonds is 6. The topological polar surface area (TPSA) is 14.1 Å². The SMILES string of the molecule is CC(C)([c-]1[c-][c-][c-][c-]1)C1c2ccccc2-c2ccccc21.CC(C)([c-]1[c-][c-][c-][c-]1)C1c2ccccc2-c2ccccc21.C[Si](C)(C)[N-][Si](C)(C)C.[Y]. The fraction of sp³-hybridized carbons (Fsp3) is 0.292. The molecule has 0 fully saturated rings. The van der Waals surface area contributed by atoms with Crippen molar-refractivity contribution in [3.8, 4) is 22.3 Å². The Morgan fingerprint density at radius 3 is 0.885 bits per heavy atom. The van der Waals surface area contributed by atoms with Gasteiger partial charge in [-0.3, -0.25) is 0 Å². The average molecular weight is 784 g/mol. The van der Waals surface area contributed by atoms with Gasteiger partial charge in [-0.15, -0.1) is 0 Å². The van der Waals surface area contributed by atoms with Crippen LogP contribution in [0.4, 0.5) is 0 Å². The van der Waals surface area contributed by atoms with Gasteiger partial charge in [-0.2, -0.15) is 10.8 Å². The molecule has 0 N–H and O–H groups in total. The molecule has 0 amide bonds. The molecule has 0 saturated carbocycles. The van der Waals surface area contributed by atoms with Crippen molar-refractivity contribution < 1.29 is 32.7 Å². The number of hydrogen-bond acceptors (Lipinski definition) is 0. The molecule has 0 atom stereocenters. The van der Waals surface area contributed by atoms with E-state index < -0.39 is 16.5 Å². The Labute approximate surface area is 342 Å². The Morgan fingerprint density at radius 2 is 0.673 bits per heavy atom. The molecule has 0 aromatic heterocycles. The zero-order valence-corrected chi connectivity index (χ0v) is 37.3. The Hall–Kier alpha value is -2.92. The molecule has 2 aliphatic carbocycles. The first-order chi connectivity index (χ1) is 24.1. The van der Waals surface area contributed by atoms with Crippen LogP contribution in [0.25, 0.3) is 26.9 Å². The number of fused-ring (bicyclic) bond motifs is 6.